The van der Waals surface area contributed by atoms with E-state index >= 15 is 0 Å². The second-order valence-corrected chi connectivity index (χ2v) is 2.84. The predicted molar refractivity (Wildman–Crippen MR) is 48.3 cm³/mol. The van der Waals surface area contributed by atoms with Crippen LogP contribution in [0, 0.1) is 5.41 Å². The molecule has 0 amide bonds. The molecule has 0 radical (unpaired) electrons. The van der Waals surface area contributed by atoms with Gasteiger partial charge in [0.25, 0.3) is 0 Å². The van der Waals surface area contributed by atoms with Gasteiger partial charge in [-0.05, 0) is 18.6 Å². The summed E-state index contributed by atoms with van der Waals surface area (Å²) in [6, 6.07) is 0. The third-order valence-electron chi connectivity index (χ3n) is 0.741. The fraction of sp³-hybridized carbons (Fsp3) is 0.400. The van der Waals surface area contributed by atoms with E-state index in [1.54, 1.807) is 0 Å². The molecule has 0 aliphatic carbocycles. The summed E-state index contributed by atoms with van der Waals surface area (Å²) in [6.07, 6.45) is 0.526. The van der Waals surface area contributed by atoms with Gasteiger partial charge in [0.15, 0.2) is 6.29 Å². The smallest absolute Gasteiger partial charge is 0.171 e. The van der Waals surface area contributed by atoms with Gasteiger partial charge in [-0.2, -0.15) is 0 Å². The molecule has 0 aromatic heterocycles. The first kappa shape index (κ1) is 9.71. The highest BCUT2D eigenvalue weighted by Gasteiger charge is 2.03. The summed E-state index contributed by atoms with van der Waals surface area (Å²) in [5.41, 5.74) is 0.0928. The van der Waals surface area contributed by atoms with Crippen LogP contribution in [0.3, 0.4) is 0 Å². The second kappa shape index (κ2) is 5.49. The van der Waals surface area contributed by atoms with Crippen LogP contribution in [0.2, 0.25) is 0 Å². The Bertz CT molecular complexity index is 167. The predicted octanol–water partition coefficient (Wildman–Crippen LogP) is 1.20. The number of thiol groups is 1. The number of hydrogen-bond acceptors (Lipinski definition) is 5. The summed E-state index contributed by atoms with van der Waals surface area (Å²) in [5.74, 6) is 0.763. The van der Waals surface area contributed by atoms with E-state index < -0.39 is 0 Å². The van der Waals surface area contributed by atoms with Crippen molar-refractivity contribution in [1.29, 1.82) is 5.41 Å². The molecular weight excluding hydrogens is 168 g/mol. The fourth-order valence-electron chi connectivity index (χ4n) is 0.341. The maximum absolute atomic E-state index is 10.1. The summed E-state index contributed by atoms with van der Waals surface area (Å²) in [6.45, 7) is 1.90. The van der Waals surface area contributed by atoms with Crippen molar-refractivity contribution in [3.63, 3.8) is 0 Å². The molecule has 0 aliphatic rings. The van der Waals surface area contributed by atoms with Crippen LogP contribution in [-0.2, 0) is 4.79 Å². The van der Waals surface area contributed by atoms with Gasteiger partial charge in [-0.25, -0.2) is 4.40 Å². The average Bonchev–Trinajstić information content (AvgIpc) is 1.91. The highest BCUT2D eigenvalue weighted by atomic mass is 32.2. The summed E-state index contributed by atoms with van der Waals surface area (Å²) < 4.78 is 3.32. The van der Waals surface area contributed by atoms with Gasteiger partial charge in [-0.3, -0.25) is 10.2 Å². The first-order valence-electron chi connectivity index (χ1n) is 2.65. The number of carbonyl (C=O) groups is 1. The molecule has 0 heterocycles. The van der Waals surface area contributed by atoms with E-state index in [0.29, 0.717) is 6.29 Å². The highest BCUT2D eigenvalue weighted by Crippen LogP contribution is 2.02. The second-order valence-electron chi connectivity index (χ2n) is 1.37. The zero-order valence-corrected chi connectivity index (χ0v) is 7.21. The molecule has 0 saturated carbocycles. The molecule has 0 atom stereocenters. The molecule has 0 unspecified atom stereocenters. The van der Waals surface area contributed by atoms with Crippen LogP contribution in [0.15, 0.2) is 4.40 Å². The lowest BCUT2D eigenvalue weighted by Crippen LogP contribution is -2.09. The number of hydrogen-bond donors (Lipinski definition) is 2. The molecule has 10 heavy (non-hydrogen) atoms. The Morgan fingerprint density at radius 3 is 2.80 bits per heavy atom. The molecule has 0 aromatic rings. The quantitative estimate of drug-likeness (QED) is 0.294. The highest BCUT2D eigenvalue weighted by molar-refractivity contribution is 8.15. The van der Waals surface area contributed by atoms with Crippen LogP contribution in [0.5, 0.6) is 0 Å². The van der Waals surface area contributed by atoms with Gasteiger partial charge >= 0.3 is 0 Å². The minimum absolute atomic E-state index is 0.0928. The molecule has 56 valence electrons. The Morgan fingerprint density at radius 1 is 1.90 bits per heavy atom. The Morgan fingerprint density at radius 2 is 2.50 bits per heavy atom. The van der Waals surface area contributed by atoms with Crippen LogP contribution in [0.4, 0.5) is 0 Å². The molecule has 0 saturated heterocycles. The minimum Gasteiger partial charge on any atom is -0.296 e. The van der Waals surface area contributed by atoms with Crippen molar-refractivity contribution in [2.45, 2.75) is 6.92 Å². The number of rotatable bonds is 3. The summed E-state index contributed by atoms with van der Waals surface area (Å²) in [7, 11) is 0. The zero-order chi connectivity index (χ0) is 7.98. The number of nitrogens with zero attached hydrogens (tertiary/aromatic N) is 1. The number of nitrogens with one attached hydrogen (secondary N) is 1. The summed E-state index contributed by atoms with van der Waals surface area (Å²) in [5, 5.41) is 7.37. The van der Waals surface area contributed by atoms with Gasteiger partial charge in [-0.15, -0.1) is 11.8 Å². The molecule has 0 aliphatic heterocycles. The van der Waals surface area contributed by atoms with Crippen molar-refractivity contribution < 1.29 is 4.79 Å². The Kier molecular flexibility index (Phi) is 5.33. The van der Waals surface area contributed by atoms with E-state index in [4.69, 9.17) is 5.41 Å². The molecule has 3 nitrogen and oxygen atoms in total. The van der Waals surface area contributed by atoms with Crippen LogP contribution in [-0.4, -0.2) is 22.8 Å². The Balaban J connectivity index is 4.04. The lowest BCUT2D eigenvalue weighted by atomic mass is 10.5. The van der Waals surface area contributed by atoms with Crippen molar-refractivity contribution >= 4 is 41.6 Å². The van der Waals surface area contributed by atoms with E-state index in [-0.39, 0.29) is 10.8 Å². The van der Waals surface area contributed by atoms with E-state index in [2.05, 4.69) is 17.2 Å². The van der Waals surface area contributed by atoms with Crippen LogP contribution in [0.1, 0.15) is 6.92 Å². The van der Waals surface area contributed by atoms with Crippen molar-refractivity contribution in [1.82, 2.24) is 0 Å². The molecule has 0 bridgehead atoms. The van der Waals surface area contributed by atoms with E-state index in [9.17, 15) is 4.79 Å². The van der Waals surface area contributed by atoms with Gasteiger partial charge in [0.2, 0.25) is 0 Å². The first-order chi connectivity index (χ1) is 4.76. The van der Waals surface area contributed by atoms with Gasteiger partial charge in [0, 0.05) is 0 Å². The molecule has 0 fully saturated rings. The van der Waals surface area contributed by atoms with Crippen molar-refractivity contribution in [2.75, 3.05) is 5.75 Å². The average molecular weight is 176 g/mol. The number of thioether (sulfide) groups is 1. The molecule has 0 spiro atoms. The van der Waals surface area contributed by atoms with Gasteiger partial charge in [-0.1, -0.05) is 6.92 Å². The third kappa shape index (κ3) is 3.03. The summed E-state index contributed by atoms with van der Waals surface area (Å²) in [4.78, 5) is 10.1. The van der Waals surface area contributed by atoms with Crippen molar-refractivity contribution in [3.8, 4) is 0 Å². The molecule has 0 rings (SSSR count). The van der Waals surface area contributed by atoms with Crippen molar-refractivity contribution in [3.05, 3.63) is 0 Å². The number of carbonyl (C=O) groups excluding carboxylic acids is 1. The number of aldehydes is 1. The maximum Gasteiger partial charge on any atom is 0.171 e. The SMILES string of the molecule is CCSC(=N)C(C=O)=NS. The largest absolute Gasteiger partial charge is 0.296 e. The molecule has 1 N–H and O–H groups in total. The van der Waals surface area contributed by atoms with Crippen LogP contribution in [0.25, 0.3) is 0 Å². The lowest BCUT2D eigenvalue weighted by molar-refractivity contribution is -0.102. The fourth-order valence-corrected chi connectivity index (χ4v) is 1.09. The zero-order valence-electron chi connectivity index (χ0n) is 5.50. The standard InChI is InChI=1S/C5H8N2OS2/c1-2-10-5(6)4(3-8)7-9/h3,6,9H,2H2,1H3. The molecule has 0 aromatic carbocycles. The lowest BCUT2D eigenvalue weighted by Gasteiger charge is -1.95. The van der Waals surface area contributed by atoms with E-state index in [1.165, 1.54) is 11.8 Å². The monoisotopic (exact) mass is 176 g/mol. The normalized spacial score (nSPS) is 11.2. The topological polar surface area (TPSA) is 53.3 Å². The Hall–Kier alpha value is -0.290. The van der Waals surface area contributed by atoms with Crippen molar-refractivity contribution in [2.24, 2.45) is 4.40 Å². The van der Waals surface area contributed by atoms with E-state index in [1.807, 2.05) is 6.92 Å². The summed E-state index contributed by atoms with van der Waals surface area (Å²) >= 11 is 4.79. The molecular formula is C5H8N2OS2. The van der Waals surface area contributed by atoms with Gasteiger partial charge in [0.1, 0.15) is 10.8 Å². The van der Waals surface area contributed by atoms with Gasteiger partial charge in [0.05, 0.1) is 0 Å². The minimum atomic E-state index is 0.0928. The van der Waals surface area contributed by atoms with Crippen LogP contribution < -0.4 is 0 Å². The third-order valence-corrected chi connectivity index (χ3v) is 1.74. The Labute approximate surface area is 69.4 Å². The molecule has 5 heteroatoms. The maximum atomic E-state index is 10.1. The van der Waals surface area contributed by atoms with E-state index in [0.717, 1.165) is 5.75 Å². The van der Waals surface area contributed by atoms with Gasteiger partial charge < -0.3 is 0 Å². The first-order valence-corrected chi connectivity index (χ1v) is 4.03. The van der Waals surface area contributed by atoms with Crippen LogP contribution >= 0.6 is 24.6 Å².